The lowest BCUT2D eigenvalue weighted by molar-refractivity contribution is 0.0953. The zero-order valence-corrected chi connectivity index (χ0v) is 15.7. The number of para-hydroxylation sites is 2. The number of carbonyl (C=O) groups is 1. The van der Waals surface area contributed by atoms with Gasteiger partial charge in [0.2, 0.25) is 0 Å². The molecule has 0 aliphatic carbocycles. The van der Waals surface area contributed by atoms with Gasteiger partial charge < -0.3 is 19.5 Å². The molecule has 2 aromatic rings. The van der Waals surface area contributed by atoms with Crippen LogP contribution >= 0.6 is 0 Å². The van der Waals surface area contributed by atoms with Crippen LogP contribution in [0, 0.1) is 0 Å². The summed E-state index contributed by atoms with van der Waals surface area (Å²) in [5, 5.41) is 2.93. The van der Waals surface area contributed by atoms with Gasteiger partial charge >= 0.3 is 0 Å². The molecule has 0 aliphatic rings. The largest absolute Gasteiger partial charge is 0.493 e. The summed E-state index contributed by atoms with van der Waals surface area (Å²) in [5.41, 5.74) is 1.42. The van der Waals surface area contributed by atoms with E-state index in [1.807, 2.05) is 43.3 Å². The van der Waals surface area contributed by atoms with E-state index >= 15 is 0 Å². The van der Waals surface area contributed by atoms with Crippen LogP contribution in [-0.4, -0.2) is 26.2 Å². The molecule has 0 aromatic heterocycles. The first kappa shape index (κ1) is 19.6. The summed E-state index contributed by atoms with van der Waals surface area (Å²) in [7, 11) is 1.61. The second kappa shape index (κ2) is 10.3. The number of hydrogen-bond acceptors (Lipinski definition) is 4. The molecule has 0 spiro atoms. The molecule has 1 amide bonds. The average Bonchev–Trinajstić information content (AvgIpc) is 2.67. The third-order valence-electron chi connectivity index (χ3n) is 3.89. The Hall–Kier alpha value is -2.69. The van der Waals surface area contributed by atoms with Gasteiger partial charge in [-0.3, -0.25) is 4.79 Å². The molecule has 5 heteroatoms. The summed E-state index contributed by atoms with van der Waals surface area (Å²) in [6, 6.07) is 12.9. The number of unbranched alkanes of at least 4 members (excludes halogenated alkanes) is 1. The van der Waals surface area contributed by atoms with Crippen LogP contribution in [0.15, 0.2) is 42.5 Å². The van der Waals surface area contributed by atoms with Crippen molar-refractivity contribution < 1.29 is 19.0 Å². The fraction of sp³-hybridized carbons (Fsp3) is 0.381. The van der Waals surface area contributed by atoms with Gasteiger partial charge in [-0.05, 0) is 43.7 Å². The summed E-state index contributed by atoms with van der Waals surface area (Å²) in [4.78, 5) is 12.3. The second-order valence-corrected chi connectivity index (χ2v) is 5.80. The number of benzene rings is 2. The van der Waals surface area contributed by atoms with Crippen molar-refractivity contribution in [2.45, 2.75) is 33.3 Å². The minimum atomic E-state index is -0.0833. The van der Waals surface area contributed by atoms with Crippen molar-refractivity contribution in [1.29, 1.82) is 0 Å². The van der Waals surface area contributed by atoms with Crippen molar-refractivity contribution in [3.05, 3.63) is 53.6 Å². The van der Waals surface area contributed by atoms with E-state index in [4.69, 9.17) is 14.2 Å². The molecule has 0 aliphatic heterocycles. The molecule has 26 heavy (non-hydrogen) atoms. The van der Waals surface area contributed by atoms with Crippen LogP contribution in [0.1, 0.15) is 42.6 Å². The van der Waals surface area contributed by atoms with Gasteiger partial charge in [-0.2, -0.15) is 0 Å². The van der Waals surface area contributed by atoms with E-state index in [0.717, 1.165) is 18.4 Å². The molecule has 0 heterocycles. The van der Waals surface area contributed by atoms with Gasteiger partial charge in [0.15, 0.2) is 11.5 Å². The number of rotatable bonds is 10. The lowest BCUT2D eigenvalue weighted by Gasteiger charge is -2.14. The quantitative estimate of drug-likeness (QED) is 0.648. The van der Waals surface area contributed by atoms with Gasteiger partial charge in [0.1, 0.15) is 12.4 Å². The van der Waals surface area contributed by atoms with E-state index in [1.165, 1.54) is 0 Å². The summed E-state index contributed by atoms with van der Waals surface area (Å²) < 4.78 is 16.9. The monoisotopic (exact) mass is 357 g/mol. The summed E-state index contributed by atoms with van der Waals surface area (Å²) in [6.07, 6.45) is 2.01. The van der Waals surface area contributed by atoms with Gasteiger partial charge in [0, 0.05) is 17.7 Å². The first-order valence-electron chi connectivity index (χ1n) is 8.99. The molecule has 140 valence electrons. The van der Waals surface area contributed by atoms with E-state index in [2.05, 4.69) is 12.2 Å². The topological polar surface area (TPSA) is 56.8 Å². The van der Waals surface area contributed by atoms with Crippen LogP contribution in [0.4, 0.5) is 0 Å². The Balaban J connectivity index is 2.15. The molecular formula is C21H27NO4. The number of hydrogen-bond donors (Lipinski definition) is 1. The zero-order valence-electron chi connectivity index (χ0n) is 15.7. The molecule has 1 N–H and O–H groups in total. The average molecular weight is 357 g/mol. The lowest BCUT2D eigenvalue weighted by atomic mass is 10.1. The first-order valence-corrected chi connectivity index (χ1v) is 8.99. The second-order valence-electron chi connectivity index (χ2n) is 5.80. The third kappa shape index (κ3) is 5.41. The fourth-order valence-electron chi connectivity index (χ4n) is 2.50. The van der Waals surface area contributed by atoms with Crippen molar-refractivity contribution in [1.82, 2.24) is 5.32 Å². The van der Waals surface area contributed by atoms with Crippen molar-refractivity contribution in [2.75, 3.05) is 20.3 Å². The fourth-order valence-corrected chi connectivity index (χ4v) is 2.50. The Bertz CT molecular complexity index is 715. The maximum Gasteiger partial charge on any atom is 0.251 e. The molecule has 0 fully saturated rings. The molecule has 0 radical (unpaired) electrons. The van der Waals surface area contributed by atoms with Crippen molar-refractivity contribution >= 4 is 5.91 Å². The van der Waals surface area contributed by atoms with Crippen molar-refractivity contribution in [3.8, 4) is 17.2 Å². The lowest BCUT2D eigenvalue weighted by Crippen LogP contribution is -2.24. The zero-order chi connectivity index (χ0) is 18.8. The van der Waals surface area contributed by atoms with E-state index in [0.29, 0.717) is 36.0 Å². The minimum absolute atomic E-state index is 0.0833. The molecule has 0 atom stereocenters. The number of amides is 1. The summed E-state index contributed by atoms with van der Waals surface area (Å²) in [6.45, 7) is 5.53. The van der Waals surface area contributed by atoms with Crippen molar-refractivity contribution in [3.63, 3.8) is 0 Å². The van der Waals surface area contributed by atoms with Crippen LogP contribution < -0.4 is 19.5 Å². The first-order chi connectivity index (χ1) is 12.7. The van der Waals surface area contributed by atoms with Gasteiger partial charge in [0.25, 0.3) is 5.91 Å². The molecule has 0 saturated heterocycles. The van der Waals surface area contributed by atoms with Crippen LogP contribution in [-0.2, 0) is 6.61 Å². The van der Waals surface area contributed by atoms with Gasteiger partial charge in [-0.1, -0.05) is 25.5 Å². The molecule has 0 bridgehead atoms. The SMILES string of the molecule is CCCCNC(=O)c1ccc(OCC)c(COc2ccccc2OC)c1. The smallest absolute Gasteiger partial charge is 0.251 e. The maximum atomic E-state index is 12.3. The predicted molar refractivity (Wildman–Crippen MR) is 102 cm³/mol. The molecule has 0 unspecified atom stereocenters. The van der Waals surface area contributed by atoms with Gasteiger partial charge in [-0.25, -0.2) is 0 Å². The van der Waals surface area contributed by atoms with E-state index < -0.39 is 0 Å². The standard InChI is InChI=1S/C21H27NO4/c1-4-6-13-22-21(23)16-11-12-18(25-5-2)17(14-16)15-26-20-10-8-7-9-19(20)24-3/h7-12,14H,4-6,13,15H2,1-3H3,(H,22,23). The Morgan fingerprint density at radius 1 is 1.00 bits per heavy atom. The normalized spacial score (nSPS) is 10.3. The van der Waals surface area contributed by atoms with Crippen LogP contribution in [0.5, 0.6) is 17.2 Å². The minimum Gasteiger partial charge on any atom is -0.493 e. The molecular weight excluding hydrogens is 330 g/mol. The van der Waals surface area contributed by atoms with Crippen molar-refractivity contribution in [2.24, 2.45) is 0 Å². The Labute approximate surface area is 155 Å². The van der Waals surface area contributed by atoms with Gasteiger partial charge in [0.05, 0.1) is 13.7 Å². The number of methoxy groups -OCH3 is 1. The van der Waals surface area contributed by atoms with Gasteiger partial charge in [-0.15, -0.1) is 0 Å². The van der Waals surface area contributed by atoms with Crippen LogP contribution in [0.25, 0.3) is 0 Å². The number of ether oxygens (including phenoxy) is 3. The molecule has 2 rings (SSSR count). The molecule has 2 aromatic carbocycles. The highest BCUT2D eigenvalue weighted by atomic mass is 16.5. The Morgan fingerprint density at radius 2 is 1.77 bits per heavy atom. The predicted octanol–water partition coefficient (Wildman–Crippen LogP) is 4.20. The van der Waals surface area contributed by atoms with E-state index in [9.17, 15) is 4.79 Å². The number of nitrogens with one attached hydrogen (secondary N) is 1. The van der Waals surface area contributed by atoms with Crippen LogP contribution in [0.2, 0.25) is 0 Å². The Morgan fingerprint density at radius 3 is 2.46 bits per heavy atom. The summed E-state index contributed by atoms with van der Waals surface area (Å²) >= 11 is 0. The van der Waals surface area contributed by atoms with Crippen LogP contribution in [0.3, 0.4) is 0 Å². The van der Waals surface area contributed by atoms with E-state index in [1.54, 1.807) is 13.2 Å². The Kier molecular flexibility index (Phi) is 7.80. The maximum absolute atomic E-state index is 12.3. The molecule has 5 nitrogen and oxygen atoms in total. The van der Waals surface area contributed by atoms with E-state index in [-0.39, 0.29) is 12.5 Å². The molecule has 0 saturated carbocycles. The summed E-state index contributed by atoms with van der Waals surface area (Å²) in [5.74, 6) is 1.95. The highest BCUT2D eigenvalue weighted by Gasteiger charge is 2.12. The number of carbonyl (C=O) groups excluding carboxylic acids is 1. The highest BCUT2D eigenvalue weighted by Crippen LogP contribution is 2.28. The third-order valence-corrected chi connectivity index (χ3v) is 3.89. The highest BCUT2D eigenvalue weighted by molar-refractivity contribution is 5.94.